The summed E-state index contributed by atoms with van der Waals surface area (Å²) in [7, 11) is 1.58. The Morgan fingerprint density at radius 3 is 2.65 bits per heavy atom. The van der Waals surface area contributed by atoms with Gasteiger partial charge in [-0.3, -0.25) is 0 Å². The molecule has 1 atom stereocenters. The lowest BCUT2D eigenvalue weighted by Crippen LogP contribution is -2.24. The van der Waals surface area contributed by atoms with Crippen molar-refractivity contribution in [3.8, 4) is 11.6 Å². The van der Waals surface area contributed by atoms with E-state index in [0.29, 0.717) is 18.4 Å². The molecule has 1 N–H and O–H groups in total. The van der Waals surface area contributed by atoms with Crippen molar-refractivity contribution in [2.24, 2.45) is 0 Å². The van der Waals surface area contributed by atoms with E-state index in [0.717, 1.165) is 5.75 Å². The van der Waals surface area contributed by atoms with Crippen molar-refractivity contribution in [1.82, 2.24) is 9.97 Å². The summed E-state index contributed by atoms with van der Waals surface area (Å²) in [5.74, 6) is 1.93. The highest BCUT2D eigenvalue weighted by atomic mass is 16.5. The third-order valence-corrected chi connectivity index (χ3v) is 2.74. The number of benzene rings is 1. The van der Waals surface area contributed by atoms with Crippen LogP contribution in [0, 0.1) is 6.92 Å². The zero-order chi connectivity index (χ0) is 14.4. The highest BCUT2D eigenvalue weighted by Crippen LogP contribution is 2.12. The molecule has 0 amide bonds. The Kier molecular flexibility index (Phi) is 4.76. The van der Waals surface area contributed by atoms with Gasteiger partial charge < -0.3 is 14.8 Å². The third-order valence-electron chi connectivity index (χ3n) is 2.74. The van der Waals surface area contributed by atoms with Crippen molar-refractivity contribution in [1.29, 1.82) is 0 Å². The Morgan fingerprint density at radius 2 is 1.95 bits per heavy atom. The van der Waals surface area contributed by atoms with Crippen LogP contribution in [0.5, 0.6) is 11.6 Å². The number of methoxy groups -OCH3 is 1. The van der Waals surface area contributed by atoms with Gasteiger partial charge in [-0.25, -0.2) is 4.98 Å². The van der Waals surface area contributed by atoms with Gasteiger partial charge in [0.15, 0.2) is 0 Å². The second-order valence-corrected chi connectivity index (χ2v) is 4.59. The fourth-order valence-corrected chi connectivity index (χ4v) is 1.64. The zero-order valence-electron chi connectivity index (χ0n) is 12.0. The number of hydrogen-bond acceptors (Lipinski definition) is 5. The van der Waals surface area contributed by atoms with E-state index in [1.54, 1.807) is 19.4 Å². The average molecular weight is 273 g/mol. The number of nitrogens with one attached hydrogen (secondary N) is 1. The molecule has 106 valence electrons. The first kappa shape index (κ1) is 14.1. The standard InChI is InChI=1S/C15H19N3O2/c1-11-4-6-13(7-5-11)20-10-12(2)17-15-16-9-8-14(18-15)19-3/h4-9,12H,10H2,1-3H3,(H,16,17,18). The van der Waals surface area contributed by atoms with Gasteiger partial charge in [-0.1, -0.05) is 17.7 Å². The van der Waals surface area contributed by atoms with Crippen molar-refractivity contribution in [3.63, 3.8) is 0 Å². The molecule has 20 heavy (non-hydrogen) atoms. The predicted octanol–water partition coefficient (Wildman–Crippen LogP) is 2.67. The molecular formula is C15H19N3O2. The summed E-state index contributed by atoms with van der Waals surface area (Å²) in [5, 5.41) is 3.17. The van der Waals surface area contributed by atoms with E-state index in [1.165, 1.54) is 5.56 Å². The van der Waals surface area contributed by atoms with E-state index >= 15 is 0 Å². The zero-order valence-corrected chi connectivity index (χ0v) is 12.0. The monoisotopic (exact) mass is 273 g/mol. The lowest BCUT2D eigenvalue weighted by molar-refractivity contribution is 0.303. The number of hydrogen-bond donors (Lipinski definition) is 1. The molecule has 5 heteroatoms. The third kappa shape index (κ3) is 4.12. The second-order valence-electron chi connectivity index (χ2n) is 4.59. The Labute approximate surface area is 119 Å². The largest absolute Gasteiger partial charge is 0.491 e. The van der Waals surface area contributed by atoms with Gasteiger partial charge in [0, 0.05) is 12.3 Å². The molecule has 2 rings (SSSR count). The topological polar surface area (TPSA) is 56.3 Å². The second kappa shape index (κ2) is 6.75. The summed E-state index contributed by atoms with van der Waals surface area (Å²) in [5.41, 5.74) is 1.22. The molecule has 0 aliphatic heterocycles. The van der Waals surface area contributed by atoms with Crippen LogP contribution < -0.4 is 14.8 Å². The van der Waals surface area contributed by atoms with Gasteiger partial charge in [-0.15, -0.1) is 0 Å². The molecule has 0 radical (unpaired) electrons. The van der Waals surface area contributed by atoms with Gasteiger partial charge in [0.1, 0.15) is 12.4 Å². The molecule has 0 saturated carbocycles. The summed E-state index contributed by atoms with van der Waals surface area (Å²) in [6, 6.07) is 9.77. The van der Waals surface area contributed by atoms with Crippen LogP contribution in [0.25, 0.3) is 0 Å². The molecule has 1 heterocycles. The molecule has 0 aliphatic rings. The van der Waals surface area contributed by atoms with Crippen LogP contribution in [-0.4, -0.2) is 29.7 Å². The molecular weight excluding hydrogens is 254 g/mol. The fraction of sp³-hybridized carbons (Fsp3) is 0.333. The number of aryl methyl sites for hydroxylation is 1. The van der Waals surface area contributed by atoms with E-state index in [1.807, 2.05) is 38.1 Å². The van der Waals surface area contributed by atoms with Crippen molar-refractivity contribution >= 4 is 5.95 Å². The first-order valence-corrected chi connectivity index (χ1v) is 6.50. The molecule has 5 nitrogen and oxygen atoms in total. The Hall–Kier alpha value is -2.30. The minimum atomic E-state index is 0.0865. The van der Waals surface area contributed by atoms with E-state index in [-0.39, 0.29) is 6.04 Å². The maximum atomic E-state index is 5.70. The van der Waals surface area contributed by atoms with Crippen LogP contribution >= 0.6 is 0 Å². The van der Waals surface area contributed by atoms with Gasteiger partial charge in [0.2, 0.25) is 11.8 Å². The summed E-state index contributed by atoms with van der Waals surface area (Å²) in [6.45, 7) is 4.59. The first-order chi connectivity index (χ1) is 9.67. The Morgan fingerprint density at radius 1 is 1.20 bits per heavy atom. The lowest BCUT2D eigenvalue weighted by atomic mass is 10.2. The van der Waals surface area contributed by atoms with E-state index in [4.69, 9.17) is 9.47 Å². The Balaban J connectivity index is 1.85. The number of aromatic nitrogens is 2. The molecule has 1 aromatic heterocycles. The van der Waals surface area contributed by atoms with Crippen molar-refractivity contribution < 1.29 is 9.47 Å². The van der Waals surface area contributed by atoms with Gasteiger partial charge in [0.25, 0.3) is 0 Å². The molecule has 0 spiro atoms. The van der Waals surface area contributed by atoms with Crippen LogP contribution in [0.15, 0.2) is 36.5 Å². The van der Waals surface area contributed by atoms with E-state index in [2.05, 4.69) is 15.3 Å². The summed E-state index contributed by atoms with van der Waals surface area (Å²) >= 11 is 0. The number of nitrogens with zero attached hydrogens (tertiary/aromatic N) is 2. The van der Waals surface area contributed by atoms with Crippen molar-refractivity contribution in [2.45, 2.75) is 19.9 Å². The van der Waals surface area contributed by atoms with Gasteiger partial charge in [-0.05, 0) is 26.0 Å². The molecule has 0 bridgehead atoms. The van der Waals surface area contributed by atoms with Crippen LogP contribution in [0.3, 0.4) is 0 Å². The van der Waals surface area contributed by atoms with Gasteiger partial charge in [-0.2, -0.15) is 4.98 Å². The molecule has 1 unspecified atom stereocenters. The molecule has 0 aliphatic carbocycles. The van der Waals surface area contributed by atoms with Crippen LogP contribution in [-0.2, 0) is 0 Å². The SMILES string of the molecule is COc1ccnc(NC(C)COc2ccc(C)cc2)n1. The van der Waals surface area contributed by atoms with Crippen LogP contribution in [0.2, 0.25) is 0 Å². The number of rotatable bonds is 6. The van der Waals surface area contributed by atoms with Gasteiger partial charge >= 0.3 is 0 Å². The number of anilines is 1. The normalized spacial score (nSPS) is 11.8. The highest BCUT2D eigenvalue weighted by molar-refractivity contribution is 5.29. The minimum absolute atomic E-state index is 0.0865. The highest BCUT2D eigenvalue weighted by Gasteiger charge is 2.06. The first-order valence-electron chi connectivity index (χ1n) is 6.50. The fourth-order valence-electron chi connectivity index (χ4n) is 1.64. The van der Waals surface area contributed by atoms with Crippen LogP contribution in [0.4, 0.5) is 5.95 Å². The van der Waals surface area contributed by atoms with Crippen LogP contribution in [0.1, 0.15) is 12.5 Å². The lowest BCUT2D eigenvalue weighted by Gasteiger charge is -2.15. The summed E-state index contributed by atoms with van der Waals surface area (Å²) in [4.78, 5) is 8.33. The summed E-state index contributed by atoms with van der Waals surface area (Å²) in [6.07, 6.45) is 1.65. The average Bonchev–Trinajstić information content (AvgIpc) is 2.47. The van der Waals surface area contributed by atoms with Gasteiger partial charge in [0.05, 0.1) is 13.2 Å². The number of ether oxygens (including phenoxy) is 2. The minimum Gasteiger partial charge on any atom is -0.491 e. The predicted molar refractivity (Wildman–Crippen MR) is 78.3 cm³/mol. The molecule has 2 aromatic rings. The van der Waals surface area contributed by atoms with E-state index < -0.39 is 0 Å². The molecule has 0 saturated heterocycles. The Bertz CT molecular complexity index is 543. The smallest absolute Gasteiger partial charge is 0.226 e. The molecule has 1 aromatic carbocycles. The maximum absolute atomic E-state index is 5.70. The summed E-state index contributed by atoms with van der Waals surface area (Å²) < 4.78 is 10.8. The molecule has 0 fully saturated rings. The van der Waals surface area contributed by atoms with Crippen molar-refractivity contribution in [3.05, 3.63) is 42.1 Å². The quantitative estimate of drug-likeness (QED) is 0.877. The van der Waals surface area contributed by atoms with Crippen molar-refractivity contribution in [2.75, 3.05) is 19.0 Å². The van der Waals surface area contributed by atoms with E-state index in [9.17, 15) is 0 Å². The maximum Gasteiger partial charge on any atom is 0.226 e.